The molecule has 0 radical (unpaired) electrons. The van der Waals surface area contributed by atoms with Gasteiger partial charge in [-0.1, -0.05) is 26.0 Å². The average molecular weight is 310 g/mol. The molecule has 23 heavy (non-hydrogen) atoms. The van der Waals surface area contributed by atoms with E-state index >= 15 is 0 Å². The lowest BCUT2D eigenvalue weighted by Gasteiger charge is -2.11. The predicted molar refractivity (Wildman–Crippen MR) is 93.0 cm³/mol. The molecule has 1 N–H and O–H groups in total. The van der Waals surface area contributed by atoms with Crippen LogP contribution in [0.1, 0.15) is 19.5 Å². The Morgan fingerprint density at radius 1 is 1.22 bits per heavy atom. The number of nitrogens with zero attached hydrogens (tertiary/aromatic N) is 3. The molecule has 0 spiro atoms. The maximum atomic E-state index is 5.44. The average Bonchev–Trinajstić information content (AvgIpc) is 2.96. The highest BCUT2D eigenvalue weighted by molar-refractivity contribution is 5.71. The van der Waals surface area contributed by atoms with Crippen LogP contribution in [0.2, 0.25) is 0 Å². The highest BCUT2D eigenvalue weighted by Crippen LogP contribution is 2.29. The van der Waals surface area contributed by atoms with Crippen LogP contribution in [0.3, 0.4) is 0 Å². The van der Waals surface area contributed by atoms with E-state index in [-0.39, 0.29) is 0 Å². The minimum atomic E-state index is 0.558. The normalized spacial score (nSPS) is 11.2. The van der Waals surface area contributed by atoms with Gasteiger partial charge in [0.1, 0.15) is 11.6 Å². The molecule has 0 atom stereocenters. The molecule has 120 valence electrons. The first kappa shape index (κ1) is 15.3. The highest BCUT2D eigenvalue weighted by Gasteiger charge is 2.13. The Labute approximate surface area is 136 Å². The second-order valence-corrected chi connectivity index (χ2v) is 6.06. The zero-order valence-corrected chi connectivity index (χ0v) is 14.0. The van der Waals surface area contributed by atoms with Gasteiger partial charge in [0, 0.05) is 29.9 Å². The number of methoxy groups -OCH3 is 1. The number of anilines is 1. The lowest BCUT2D eigenvalue weighted by Crippen LogP contribution is -2.12. The largest absolute Gasteiger partial charge is 0.496 e. The van der Waals surface area contributed by atoms with Crippen molar-refractivity contribution in [2.24, 2.45) is 5.92 Å². The molecule has 0 saturated heterocycles. The summed E-state index contributed by atoms with van der Waals surface area (Å²) >= 11 is 0. The number of hydrogen-bond acceptors (Lipinski definition) is 4. The molecule has 0 aliphatic heterocycles. The van der Waals surface area contributed by atoms with Crippen molar-refractivity contribution in [2.75, 3.05) is 19.0 Å². The minimum Gasteiger partial charge on any atom is -0.496 e. The number of aryl methyl sites for hydroxylation is 1. The Kier molecular flexibility index (Phi) is 4.19. The smallest absolute Gasteiger partial charge is 0.158 e. The van der Waals surface area contributed by atoms with Gasteiger partial charge in [0.25, 0.3) is 0 Å². The molecule has 2 aromatic heterocycles. The topological polar surface area (TPSA) is 51.5 Å². The molecule has 0 aliphatic carbocycles. The first-order chi connectivity index (χ1) is 11.1. The number of aromatic nitrogens is 3. The minimum absolute atomic E-state index is 0.558. The lowest BCUT2D eigenvalue weighted by molar-refractivity contribution is 0.416. The van der Waals surface area contributed by atoms with Crippen molar-refractivity contribution in [3.63, 3.8) is 0 Å². The van der Waals surface area contributed by atoms with Crippen molar-refractivity contribution < 1.29 is 4.74 Å². The van der Waals surface area contributed by atoms with E-state index in [2.05, 4.69) is 24.1 Å². The third kappa shape index (κ3) is 3.13. The Morgan fingerprint density at radius 2 is 2.00 bits per heavy atom. The molecule has 0 bridgehead atoms. The fourth-order valence-corrected chi connectivity index (χ4v) is 2.52. The quantitative estimate of drug-likeness (QED) is 0.779. The molecule has 3 aromatic rings. The maximum absolute atomic E-state index is 5.44. The number of nitrogens with one attached hydrogen (secondary N) is 1. The second kappa shape index (κ2) is 6.28. The Bertz CT molecular complexity index is 823. The maximum Gasteiger partial charge on any atom is 0.158 e. The molecule has 0 aliphatic rings. The molecule has 0 amide bonds. The summed E-state index contributed by atoms with van der Waals surface area (Å²) in [6.07, 6.45) is 0. The summed E-state index contributed by atoms with van der Waals surface area (Å²) < 4.78 is 7.30. The van der Waals surface area contributed by atoms with Gasteiger partial charge in [-0.25, -0.2) is 4.98 Å². The number of para-hydroxylation sites is 1. The molecule has 5 heteroatoms. The van der Waals surface area contributed by atoms with Crippen LogP contribution < -0.4 is 10.1 Å². The molecular weight excluding hydrogens is 288 g/mol. The van der Waals surface area contributed by atoms with Crippen molar-refractivity contribution in [3.8, 4) is 17.0 Å². The highest BCUT2D eigenvalue weighted by atomic mass is 16.5. The third-order valence-electron chi connectivity index (χ3n) is 3.63. The van der Waals surface area contributed by atoms with E-state index in [0.29, 0.717) is 5.92 Å². The van der Waals surface area contributed by atoms with E-state index in [9.17, 15) is 0 Å². The molecule has 1 aromatic carbocycles. The first-order valence-corrected chi connectivity index (χ1v) is 7.83. The van der Waals surface area contributed by atoms with Crippen molar-refractivity contribution in [1.82, 2.24) is 14.6 Å². The summed E-state index contributed by atoms with van der Waals surface area (Å²) in [5.41, 5.74) is 3.62. The van der Waals surface area contributed by atoms with Crippen LogP contribution >= 0.6 is 0 Å². The standard InChI is InChI=1S/C18H22N4O/c1-12(2)11-19-17-9-13(3)20-18-10-15(21-22(17)18)14-7-5-6-8-16(14)23-4/h5-10,12,19H,11H2,1-4H3. The van der Waals surface area contributed by atoms with Gasteiger partial charge in [-0.2, -0.15) is 9.61 Å². The van der Waals surface area contributed by atoms with Gasteiger partial charge < -0.3 is 10.1 Å². The number of fused-ring (bicyclic) bond motifs is 1. The third-order valence-corrected chi connectivity index (χ3v) is 3.63. The molecule has 0 fully saturated rings. The molecule has 3 rings (SSSR count). The SMILES string of the molecule is COc1ccccc1-c1cc2nc(C)cc(NCC(C)C)n2n1. The van der Waals surface area contributed by atoms with E-state index < -0.39 is 0 Å². The van der Waals surface area contributed by atoms with Gasteiger partial charge in [0.2, 0.25) is 0 Å². The Hall–Kier alpha value is -2.56. The second-order valence-electron chi connectivity index (χ2n) is 6.06. The lowest BCUT2D eigenvalue weighted by atomic mass is 10.1. The van der Waals surface area contributed by atoms with Gasteiger partial charge in [-0.3, -0.25) is 0 Å². The summed E-state index contributed by atoms with van der Waals surface area (Å²) in [5, 5.41) is 8.17. The van der Waals surface area contributed by atoms with E-state index in [1.54, 1.807) is 7.11 Å². The van der Waals surface area contributed by atoms with Crippen LogP contribution in [0.4, 0.5) is 5.82 Å². The van der Waals surface area contributed by atoms with Gasteiger partial charge in [0.15, 0.2) is 5.65 Å². The van der Waals surface area contributed by atoms with Crippen LogP contribution in [-0.2, 0) is 0 Å². The van der Waals surface area contributed by atoms with Crippen molar-refractivity contribution in [3.05, 3.63) is 42.1 Å². The van der Waals surface area contributed by atoms with E-state index in [1.165, 1.54) is 0 Å². The van der Waals surface area contributed by atoms with Gasteiger partial charge in [-0.15, -0.1) is 0 Å². The molecule has 0 saturated carbocycles. The summed E-state index contributed by atoms with van der Waals surface area (Å²) in [6.45, 7) is 7.25. The number of rotatable bonds is 5. The monoisotopic (exact) mass is 310 g/mol. The zero-order valence-electron chi connectivity index (χ0n) is 14.0. The summed E-state index contributed by atoms with van der Waals surface area (Å²) in [6, 6.07) is 11.9. The Morgan fingerprint density at radius 3 is 2.74 bits per heavy atom. The van der Waals surface area contributed by atoms with Crippen LogP contribution in [0.25, 0.3) is 16.9 Å². The van der Waals surface area contributed by atoms with Crippen LogP contribution in [0.5, 0.6) is 5.75 Å². The summed E-state index contributed by atoms with van der Waals surface area (Å²) in [7, 11) is 1.67. The number of benzene rings is 1. The Balaban J connectivity index is 2.09. The zero-order chi connectivity index (χ0) is 16.4. The van der Waals surface area contributed by atoms with E-state index in [4.69, 9.17) is 9.84 Å². The summed E-state index contributed by atoms with van der Waals surface area (Å²) in [5.74, 6) is 2.33. The van der Waals surface area contributed by atoms with Gasteiger partial charge in [-0.05, 0) is 25.0 Å². The van der Waals surface area contributed by atoms with Crippen LogP contribution in [0, 0.1) is 12.8 Å². The predicted octanol–water partition coefficient (Wildman–Crippen LogP) is 3.78. The fraction of sp³-hybridized carbons (Fsp3) is 0.333. The van der Waals surface area contributed by atoms with E-state index in [0.717, 1.165) is 40.7 Å². The summed E-state index contributed by atoms with van der Waals surface area (Å²) in [4.78, 5) is 4.58. The van der Waals surface area contributed by atoms with Gasteiger partial charge in [0.05, 0.1) is 12.8 Å². The molecular formula is C18H22N4O. The molecule has 5 nitrogen and oxygen atoms in total. The first-order valence-electron chi connectivity index (χ1n) is 7.83. The molecule has 0 unspecified atom stereocenters. The number of hydrogen-bond donors (Lipinski definition) is 1. The number of ether oxygens (including phenoxy) is 1. The fourth-order valence-electron chi connectivity index (χ4n) is 2.52. The van der Waals surface area contributed by atoms with Crippen LogP contribution in [-0.4, -0.2) is 28.3 Å². The van der Waals surface area contributed by atoms with Gasteiger partial charge >= 0.3 is 0 Å². The van der Waals surface area contributed by atoms with Crippen molar-refractivity contribution >= 4 is 11.5 Å². The van der Waals surface area contributed by atoms with Crippen molar-refractivity contribution in [1.29, 1.82) is 0 Å². The van der Waals surface area contributed by atoms with E-state index in [1.807, 2.05) is 47.8 Å². The van der Waals surface area contributed by atoms with Crippen LogP contribution in [0.15, 0.2) is 36.4 Å². The molecule has 2 heterocycles. The van der Waals surface area contributed by atoms with Crippen molar-refractivity contribution in [2.45, 2.75) is 20.8 Å².